The predicted molar refractivity (Wildman–Crippen MR) is 108 cm³/mol. The van der Waals surface area contributed by atoms with Gasteiger partial charge in [0.2, 0.25) is 0 Å². The third kappa shape index (κ3) is 3.86. The number of benzene rings is 2. The van der Waals surface area contributed by atoms with E-state index in [1.165, 1.54) is 0 Å². The Labute approximate surface area is 163 Å². The number of amides is 1. The molecule has 6 nitrogen and oxygen atoms in total. The summed E-state index contributed by atoms with van der Waals surface area (Å²) in [6, 6.07) is 15.9. The molecule has 3 aromatic rings. The van der Waals surface area contributed by atoms with E-state index in [1.54, 1.807) is 48.7 Å². The van der Waals surface area contributed by atoms with Gasteiger partial charge in [0.05, 0.1) is 11.8 Å². The van der Waals surface area contributed by atoms with Crippen molar-refractivity contribution in [2.75, 3.05) is 0 Å². The van der Waals surface area contributed by atoms with Crippen LogP contribution in [-0.4, -0.2) is 27.8 Å². The largest absolute Gasteiger partial charge is 0.478 e. The van der Waals surface area contributed by atoms with E-state index in [4.69, 9.17) is 5.11 Å². The van der Waals surface area contributed by atoms with Crippen LogP contribution in [-0.2, 0) is 0 Å². The van der Waals surface area contributed by atoms with Crippen LogP contribution in [0.1, 0.15) is 43.2 Å². The molecule has 0 fully saturated rings. The fourth-order valence-corrected chi connectivity index (χ4v) is 3.14. The highest BCUT2D eigenvalue weighted by atomic mass is 16.4. The maximum Gasteiger partial charge on any atom is 0.335 e. The molecular formula is C22H21N3O3. The lowest BCUT2D eigenvalue weighted by atomic mass is 10.1. The van der Waals surface area contributed by atoms with Crippen molar-refractivity contribution in [1.29, 1.82) is 0 Å². The van der Waals surface area contributed by atoms with Crippen LogP contribution in [0.5, 0.6) is 0 Å². The van der Waals surface area contributed by atoms with Gasteiger partial charge in [-0.05, 0) is 62.7 Å². The Morgan fingerprint density at radius 2 is 1.71 bits per heavy atom. The second-order valence-corrected chi connectivity index (χ2v) is 6.53. The van der Waals surface area contributed by atoms with E-state index in [9.17, 15) is 9.59 Å². The van der Waals surface area contributed by atoms with Crippen molar-refractivity contribution in [3.63, 3.8) is 0 Å². The highest BCUT2D eigenvalue weighted by molar-refractivity contribution is 5.95. The smallest absolute Gasteiger partial charge is 0.335 e. The molecule has 2 aromatic carbocycles. The van der Waals surface area contributed by atoms with Crippen LogP contribution in [0.4, 0.5) is 0 Å². The molecule has 0 aliphatic heterocycles. The van der Waals surface area contributed by atoms with Crippen molar-refractivity contribution in [3.05, 3.63) is 88.2 Å². The molecule has 1 amide bonds. The molecule has 3 rings (SSSR count). The third-order valence-electron chi connectivity index (χ3n) is 4.56. The summed E-state index contributed by atoms with van der Waals surface area (Å²) in [5, 5.41) is 13.2. The second-order valence-electron chi connectivity index (χ2n) is 6.53. The SMILES string of the molecule is Cc1cc(C(=O)O)ccc1-n1c(C)cc(C=NNC(=O)c2ccccc2)c1C. The van der Waals surface area contributed by atoms with Crippen molar-refractivity contribution in [1.82, 2.24) is 9.99 Å². The number of hydrogen-bond donors (Lipinski definition) is 2. The lowest BCUT2D eigenvalue weighted by Crippen LogP contribution is -2.17. The molecule has 28 heavy (non-hydrogen) atoms. The zero-order valence-electron chi connectivity index (χ0n) is 15.9. The summed E-state index contributed by atoms with van der Waals surface area (Å²) in [4.78, 5) is 23.2. The van der Waals surface area contributed by atoms with E-state index in [0.717, 1.165) is 28.2 Å². The van der Waals surface area contributed by atoms with Gasteiger partial charge in [-0.3, -0.25) is 4.79 Å². The van der Waals surface area contributed by atoms with Crippen LogP contribution in [0, 0.1) is 20.8 Å². The molecule has 0 radical (unpaired) electrons. The lowest BCUT2D eigenvalue weighted by Gasteiger charge is -2.13. The summed E-state index contributed by atoms with van der Waals surface area (Å²) in [6.45, 7) is 5.81. The molecular weight excluding hydrogens is 354 g/mol. The lowest BCUT2D eigenvalue weighted by molar-refractivity contribution is 0.0696. The van der Waals surface area contributed by atoms with Gasteiger partial charge in [0.25, 0.3) is 5.91 Å². The number of aryl methyl sites for hydroxylation is 2. The first-order valence-electron chi connectivity index (χ1n) is 8.80. The van der Waals surface area contributed by atoms with Gasteiger partial charge >= 0.3 is 5.97 Å². The highest BCUT2D eigenvalue weighted by Gasteiger charge is 2.13. The summed E-state index contributed by atoms with van der Waals surface area (Å²) in [6.07, 6.45) is 1.61. The topological polar surface area (TPSA) is 83.7 Å². The number of aromatic carboxylic acids is 1. The maximum atomic E-state index is 12.1. The van der Waals surface area contributed by atoms with Crippen molar-refractivity contribution >= 4 is 18.1 Å². The summed E-state index contributed by atoms with van der Waals surface area (Å²) < 4.78 is 2.04. The molecule has 0 aliphatic rings. The predicted octanol–water partition coefficient (Wildman–Crippen LogP) is 3.86. The Kier molecular flexibility index (Phi) is 5.40. The van der Waals surface area contributed by atoms with Gasteiger partial charge in [-0.2, -0.15) is 5.10 Å². The Hall–Kier alpha value is -3.67. The van der Waals surface area contributed by atoms with E-state index in [-0.39, 0.29) is 11.5 Å². The van der Waals surface area contributed by atoms with Gasteiger partial charge in [-0.15, -0.1) is 0 Å². The van der Waals surface area contributed by atoms with Crippen LogP contribution in [0.25, 0.3) is 5.69 Å². The van der Waals surface area contributed by atoms with Crippen LogP contribution in [0.2, 0.25) is 0 Å². The number of aromatic nitrogens is 1. The standard InChI is InChI=1S/C22H21N3O3/c1-14-11-18(22(27)28)9-10-20(14)25-15(2)12-19(16(25)3)13-23-24-21(26)17-7-5-4-6-8-17/h4-13H,1-3H3,(H,24,26)(H,27,28). The van der Waals surface area contributed by atoms with E-state index < -0.39 is 5.97 Å². The summed E-state index contributed by atoms with van der Waals surface area (Å²) in [5.74, 6) is -1.22. The first-order valence-corrected chi connectivity index (χ1v) is 8.80. The summed E-state index contributed by atoms with van der Waals surface area (Å²) >= 11 is 0. The Morgan fingerprint density at radius 1 is 1.00 bits per heavy atom. The third-order valence-corrected chi connectivity index (χ3v) is 4.56. The van der Waals surface area contributed by atoms with E-state index in [0.29, 0.717) is 5.56 Å². The number of rotatable bonds is 5. The molecule has 0 unspecified atom stereocenters. The Bertz CT molecular complexity index is 1070. The van der Waals surface area contributed by atoms with Gasteiger partial charge in [0, 0.05) is 28.2 Å². The first-order chi connectivity index (χ1) is 13.4. The molecule has 1 aromatic heterocycles. The Balaban J connectivity index is 1.84. The molecule has 0 saturated carbocycles. The zero-order valence-corrected chi connectivity index (χ0v) is 15.9. The zero-order chi connectivity index (χ0) is 20.3. The van der Waals surface area contributed by atoms with Gasteiger partial charge < -0.3 is 9.67 Å². The van der Waals surface area contributed by atoms with Gasteiger partial charge in [0.15, 0.2) is 0 Å². The molecule has 0 saturated heterocycles. The molecule has 0 atom stereocenters. The number of carboxylic acid groups (broad SMARTS) is 1. The second kappa shape index (κ2) is 7.92. The fraction of sp³-hybridized carbons (Fsp3) is 0.136. The van der Waals surface area contributed by atoms with E-state index >= 15 is 0 Å². The van der Waals surface area contributed by atoms with Gasteiger partial charge in [0.1, 0.15) is 0 Å². The molecule has 0 aliphatic carbocycles. The number of hydrogen-bond acceptors (Lipinski definition) is 3. The number of nitrogens with zero attached hydrogens (tertiary/aromatic N) is 2. The van der Waals surface area contributed by atoms with E-state index in [2.05, 4.69) is 10.5 Å². The first kappa shape index (κ1) is 19.1. The van der Waals surface area contributed by atoms with Crippen LogP contribution < -0.4 is 5.43 Å². The van der Waals surface area contributed by atoms with E-state index in [1.807, 2.05) is 37.5 Å². The number of hydrazone groups is 1. The molecule has 142 valence electrons. The molecule has 1 heterocycles. The monoisotopic (exact) mass is 375 g/mol. The quantitative estimate of drug-likeness (QED) is 0.525. The van der Waals surface area contributed by atoms with Gasteiger partial charge in [-0.1, -0.05) is 18.2 Å². The van der Waals surface area contributed by atoms with Crippen molar-refractivity contribution in [2.24, 2.45) is 5.10 Å². The Morgan fingerprint density at radius 3 is 2.36 bits per heavy atom. The normalized spacial score (nSPS) is 11.0. The number of carboxylic acids is 1. The van der Waals surface area contributed by atoms with Crippen LogP contribution in [0.3, 0.4) is 0 Å². The fourth-order valence-electron chi connectivity index (χ4n) is 3.14. The van der Waals surface area contributed by atoms with Crippen molar-refractivity contribution < 1.29 is 14.7 Å². The highest BCUT2D eigenvalue weighted by Crippen LogP contribution is 2.23. The number of carbonyl (C=O) groups excluding carboxylic acids is 1. The summed E-state index contributed by atoms with van der Waals surface area (Å²) in [7, 11) is 0. The van der Waals surface area contributed by atoms with Crippen LogP contribution >= 0.6 is 0 Å². The van der Waals surface area contributed by atoms with Crippen molar-refractivity contribution in [3.8, 4) is 5.69 Å². The molecule has 6 heteroatoms. The molecule has 2 N–H and O–H groups in total. The minimum absolute atomic E-state index is 0.258. The average Bonchev–Trinajstić information content (AvgIpc) is 2.96. The minimum Gasteiger partial charge on any atom is -0.478 e. The number of nitrogens with one attached hydrogen (secondary N) is 1. The van der Waals surface area contributed by atoms with Crippen molar-refractivity contribution in [2.45, 2.75) is 20.8 Å². The average molecular weight is 375 g/mol. The minimum atomic E-state index is -0.947. The maximum absolute atomic E-state index is 12.1. The molecule has 0 spiro atoms. The van der Waals surface area contributed by atoms with Gasteiger partial charge in [-0.25, -0.2) is 10.2 Å². The number of carbonyl (C=O) groups is 2. The summed E-state index contributed by atoms with van der Waals surface area (Å²) in [5.41, 5.74) is 7.90. The molecule has 0 bridgehead atoms. The van der Waals surface area contributed by atoms with Crippen LogP contribution in [0.15, 0.2) is 59.7 Å².